The van der Waals surface area contributed by atoms with Crippen LogP contribution in [0.25, 0.3) is 0 Å². The Balaban J connectivity index is 1.65. The van der Waals surface area contributed by atoms with Crippen molar-refractivity contribution in [3.63, 3.8) is 0 Å². The number of hydrogen-bond acceptors (Lipinski definition) is 4. The molecule has 1 aromatic heterocycles. The fraction of sp³-hybridized carbons (Fsp3) is 0.786. The minimum Gasteiger partial charge on any atom is -0.333 e. The molecule has 7 heteroatoms. The van der Waals surface area contributed by atoms with Gasteiger partial charge in [-0.1, -0.05) is 25.7 Å². The molecule has 7 nitrogen and oxygen atoms in total. The molecule has 0 spiro atoms. The maximum Gasteiger partial charge on any atom is 0.343 e. The van der Waals surface area contributed by atoms with Gasteiger partial charge in [0.1, 0.15) is 0 Å². The quantitative estimate of drug-likeness (QED) is 0.821. The van der Waals surface area contributed by atoms with Crippen molar-refractivity contribution in [2.45, 2.75) is 45.2 Å². The zero-order valence-electron chi connectivity index (χ0n) is 12.3. The van der Waals surface area contributed by atoms with Crippen LogP contribution in [0.3, 0.4) is 0 Å². The van der Waals surface area contributed by atoms with Gasteiger partial charge in [0.05, 0.1) is 12.5 Å². The molecule has 3 N–H and O–H groups in total. The van der Waals surface area contributed by atoms with E-state index in [4.69, 9.17) is 5.73 Å². The number of nitrogens with zero attached hydrogens (tertiary/aromatic N) is 3. The maximum atomic E-state index is 12.7. The van der Waals surface area contributed by atoms with Gasteiger partial charge in [0.2, 0.25) is 5.91 Å². The van der Waals surface area contributed by atoms with Crippen LogP contribution in [0.15, 0.2) is 4.79 Å². The highest BCUT2D eigenvalue weighted by molar-refractivity contribution is 5.79. The van der Waals surface area contributed by atoms with E-state index in [-0.39, 0.29) is 17.5 Å². The molecule has 2 heterocycles. The van der Waals surface area contributed by atoms with Crippen molar-refractivity contribution >= 4 is 5.91 Å². The van der Waals surface area contributed by atoms with E-state index in [1.807, 2.05) is 0 Å². The number of nitrogens with one attached hydrogen (secondary N) is 1. The van der Waals surface area contributed by atoms with Gasteiger partial charge >= 0.3 is 5.69 Å². The number of nitrogens with two attached hydrogens (primary N) is 1. The average molecular weight is 293 g/mol. The number of rotatable bonds is 4. The van der Waals surface area contributed by atoms with Crippen LogP contribution in [0.4, 0.5) is 0 Å². The Morgan fingerprint density at radius 1 is 1.38 bits per heavy atom. The predicted molar refractivity (Wildman–Crippen MR) is 77.4 cm³/mol. The number of hydrogen-bond donors (Lipinski definition) is 2. The van der Waals surface area contributed by atoms with Gasteiger partial charge in [-0.2, -0.15) is 5.10 Å². The molecule has 1 atom stereocenters. The maximum absolute atomic E-state index is 12.7. The van der Waals surface area contributed by atoms with Crippen molar-refractivity contribution in [3.8, 4) is 0 Å². The van der Waals surface area contributed by atoms with Gasteiger partial charge in [0, 0.05) is 19.6 Å². The molecule has 3 rings (SSSR count). The first kappa shape index (κ1) is 14.3. The summed E-state index contributed by atoms with van der Waals surface area (Å²) in [5.74, 6) is 1.31. The standard InChI is InChI=1S/C14H23N5O2/c15-8-11(7-10-3-1-2-4-10)13(20)18-5-6-19-12(9-18)16-17-14(19)21/h10-11H,1-9,15H2,(H,17,21). The summed E-state index contributed by atoms with van der Waals surface area (Å²) < 4.78 is 1.60. The van der Waals surface area contributed by atoms with E-state index >= 15 is 0 Å². The molecule has 0 radical (unpaired) electrons. The molecule has 0 bridgehead atoms. The fourth-order valence-electron chi connectivity index (χ4n) is 3.56. The van der Waals surface area contributed by atoms with Crippen LogP contribution in [0, 0.1) is 11.8 Å². The summed E-state index contributed by atoms with van der Waals surface area (Å²) in [6, 6.07) is 0. The van der Waals surface area contributed by atoms with E-state index in [0.29, 0.717) is 37.9 Å². The number of aromatic nitrogens is 3. The SMILES string of the molecule is NCC(CC1CCCC1)C(=O)N1CCn2c(n[nH]c2=O)C1. The van der Waals surface area contributed by atoms with E-state index in [1.165, 1.54) is 25.7 Å². The second-order valence-corrected chi connectivity index (χ2v) is 6.18. The van der Waals surface area contributed by atoms with Crippen molar-refractivity contribution in [1.82, 2.24) is 19.7 Å². The fourth-order valence-corrected chi connectivity index (χ4v) is 3.56. The lowest BCUT2D eigenvalue weighted by Crippen LogP contribution is -2.45. The summed E-state index contributed by atoms with van der Waals surface area (Å²) in [5, 5.41) is 6.41. The molecule has 1 fully saturated rings. The number of fused-ring (bicyclic) bond motifs is 1. The number of aromatic amines is 1. The Kier molecular flexibility index (Phi) is 4.10. The van der Waals surface area contributed by atoms with Gasteiger partial charge in [-0.05, 0) is 12.3 Å². The van der Waals surface area contributed by atoms with Crippen molar-refractivity contribution in [1.29, 1.82) is 0 Å². The molecule has 1 aliphatic carbocycles. The summed E-state index contributed by atoms with van der Waals surface area (Å²) in [6.07, 6.45) is 5.91. The number of carbonyl (C=O) groups excluding carboxylic acids is 1. The number of H-pyrrole nitrogens is 1. The van der Waals surface area contributed by atoms with Gasteiger partial charge in [-0.15, -0.1) is 0 Å². The van der Waals surface area contributed by atoms with Gasteiger partial charge in [0.15, 0.2) is 5.82 Å². The van der Waals surface area contributed by atoms with Gasteiger partial charge in [-0.3, -0.25) is 9.36 Å². The Morgan fingerprint density at radius 3 is 2.86 bits per heavy atom. The Morgan fingerprint density at radius 2 is 2.14 bits per heavy atom. The van der Waals surface area contributed by atoms with Crippen LogP contribution >= 0.6 is 0 Å². The molecule has 1 aromatic rings. The van der Waals surface area contributed by atoms with E-state index in [1.54, 1.807) is 9.47 Å². The lowest BCUT2D eigenvalue weighted by Gasteiger charge is -2.30. The number of carbonyl (C=O) groups is 1. The second-order valence-electron chi connectivity index (χ2n) is 6.18. The Hall–Kier alpha value is -1.63. The summed E-state index contributed by atoms with van der Waals surface area (Å²) >= 11 is 0. The molecule has 1 amide bonds. The predicted octanol–water partition coefficient (Wildman–Crippen LogP) is 0.0688. The van der Waals surface area contributed by atoms with Crippen molar-refractivity contribution in [2.75, 3.05) is 13.1 Å². The topological polar surface area (TPSA) is 97.0 Å². The van der Waals surface area contributed by atoms with Crippen LogP contribution in [0.5, 0.6) is 0 Å². The first-order valence-electron chi connectivity index (χ1n) is 7.82. The molecular weight excluding hydrogens is 270 g/mol. The highest BCUT2D eigenvalue weighted by Crippen LogP contribution is 2.31. The van der Waals surface area contributed by atoms with E-state index in [9.17, 15) is 9.59 Å². The molecule has 21 heavy (non-hydrogen) atoms. The first-order valence-corrected chi connectivity index (χ1v) is 7.82. The molecule has 0 saturated heterocycles. The highest BCUT2D eigenvalue weighted by Gasteiger charge is 2.30. The third-order valence-corrected chi connectivity index (χ3v) is 4.80. The minimum atomic E-state index is -0.196. The van der Waals surface area contributed by atoms with Gasteiger partial charge in [-0.25, -0.2) is 9.89 Å². The lowest BCUT2D eigenvalue weighted by atomic mass is 9.92. The first-order chi connectivity index (χ1) is 10.2. The third-order valence-electron chi connectivity index (χ3n) is 4.80. The van der Waals surface area contributed by atoms with E-state index < -0.39 is 0 Å². The van der Waals surface area contributed by atoms with Crippen molar-refractivity contribution in [3.05, 3.63) is 16.3 Å². The summed E-state index contributed by atoms with van der Waals surface area (Å²) in [7, 11) is 0. The summed E-state index contributed by atoms with van der Waals surface area (Å²) in [5.41, 5.74) is 5.64. The Bertz CT molecular complexity index is 558. The zero-order chi connectivity index (χ0) is 14.8. The zero-order valence-corrected chi connectivity index (χ0v) is 12.3. The second kappa shape index (κ2) is 6.01. The van der Waals surface area contributed by atoms with Crippen LogP contribution in [-0.2, 0) is 17.9 Å². The van der Waals surface area contributed by atoms with Gasteiger partial charge in [0.25, 0.3) is 0 Å². The van der Waals surface area contributed by atoms with E-state index in [2.05, 4.69) is 10.2 Å². The molecule has 1 unspecified atom stereocenters. The summed E-state index contributed by atoms with van der Waals surface area (Å²) in [4.78, 5) is 25.9. The van der Waals surface area contributed by atoms with Crippen LogP contribution in [-0.4, -0.2) is 38.7 Å². The number of amides is 1. The third kappa shape index (κ3) is 2.88. The molecule has 2 aliphatic rings. The Labute approximate surface area is 123 Å². The van der Waals surface area contributed by atoms with Crippen LogP contribution < -0.4 is 11.4 Å². The lowest BCUT2D eigenvalue weighted by molar-refractivity contribution is -0.137. The van der Waals surface area contributed by atoms with Crippen molar-refractivity contribution in [2.24, 2.45) is 17.6 Å². The van der Waals surface area contributed by atoms with Crippen LogP contribution in [0.2, 0.25) is 0 Å². The normalized spacial score (nSPS) is 20.5. The summed E-state index contributed by atoms with van der Waals surface area (Å²) in [6.45, 7) is 1.88. The molecule has 1 saturated carbocycles. The molecule has 0 aromatic carbocycles. The largest absolute Gasteiger partial charge is 0.343 e. The average Bonchev–Trinajstić information content (AvgIpc) is 3.14. The highest BCUT2D eigenvalue weighted by atomic mass is 16.2. The molecule has 1 aliphatic heterocycles. The van der Waals surface area contributed by atoms with E-state index in [0.717, 1.165) is 6.42 Å². The van der Waals surface area contributed by atoms with Gasteiger partial charge < -0.3 is 10.6 Å². The molecular formula is C14H23N5O2. The monoisotopic (exact) mass is 293 g/mol. The minimum absolute atomic E-state index is 0.0923. The smallest absolute Gasteiger partial charge is 0.333 e. The van der Waals surface area contributed by atoms with Crippen LogP contribution in [0.1, 0.15) is 37.9 Å². The van der Waals surface area contributed by atoms with Crippen molar-refractivity contribution < 1.29 is 4.79 Å². The molecule has 116 valence electrons.